The monoisotopic (exact) mass is 179 g/mol. The molecule has 70 valence electrons. The lowest BCUT2D eigenvalue weighted by molar-refractivity contribution is -0.149. The van der Waals surface area contributed by atoms with Gasteiger partial charge < -0.3 is 4.84 Å². The van der Waals surface area contributed by atoms with Gasteiger partial charge in [-0.05, 0) is 18.6 Å². The highest BCUT2D eigenvalue weighted by Crippen LogP contribution is 2.16. The van der Waals surface area contributed by atoms with Crippen LogP contribution in [0.25, 0.3) is 0 Å². The Hall–Kier alpha value is -1.51. The zero-order chi connectivity index (χ0) is 9.84. The van der Waals surface area contributed by atoms with Crippen LogP contribution in [-0.4, -0.2) is 18.0 Å². The maximum Gasteiger partial charge on any atom is 0.251 e. The highest BCUT2D eigenvalue weighted by molar-refractivity contribution is 5.71. The Morgan fingerprint density at radius 1 is 1.38 bits per heavy atom. The second kappa shape index (κ2) is 3.94. The van der Waals surface area contributed by atoms with Gasteiger partial charge >= 0.3 is 0 Å². The van der Waals surface area contributed by atoms with Crippen molar-refractivity contribution in [1.29, 1.82) is 0 Å². The summed E-state index contributed by atoms with van der Waals surface area (Å²) in [6.45, 7) is 3.39. The average Bonchev–Trinajstić information content (AvgIpc) is 2.08. The molecular formula is C10H13NO2. The molecule has 3 heteroatoms. The van der Waals surface area contributed by atoms with Crippen molar-refractivity contribution >= 4 is 5.91 Å². The molecule has 0 unspecified atom stereocenters. The number of aryl methyl sites for hydroxylation is 1. The Kier molecular flexibility index (Phi) is 2.90. The second-order valence-electron chi connectivity index (χ2n) is 2.87. The summed E-state index contributed by atoms with van der Waals surface area (Å²) < 4.78 is 0. The second-order valence-corrected chi connectivity index (χ2v) is 2.87. The SMILES string of the molecule is CC(=O)N(C)Oc1ccccc1C. The summed E-state index contributed by atoms with van der Waals surface area (Å²) in [5.74, 6) is 0.587. The van der Waals surface area contributed by atoms with Gasteiger partial charge in [-0.25, -0.2) is 0 Å². The summed E-state index contributed by atoms with van der Waals surface area (Å²) in [5.41, 5.74) is 1.01. The first-order valence-corrected chi connectivity index (χ1v) is 4.09. The van der Waals surface area contributed by atoms with Crippen LogP contribution < -0.4 is 4.84 Å². The van der Waals surface area contributed by atoms with E-state index in [9.17, 15) is 4.79 Å². The van der Waals surface area contributed by atoms with Crippen molar-refractivity contribution in [2.75, 3.05) is 7.05 Å². The molecule has 0 aliphatic heterocycles. The van der Waals surface area contributed by atoms with Crippen LogP contribution in [0, 0.1) is 6.92 Å². The molecule has 1 amide bonds. The molecule has 1 aromatic carbocycles. The Labute approximate surface area is 77.9 Å². The zero-order valence-corrected chi connectivity index (χ0v) is 8.07. The van der Waals surface area contributed by atoms with Crippen LogP contribution >= 0.6 is 0 Å². The van der Waals surface area contributed by atoms with Gasteiger partial charge in [-0.3, -0.25) is 4.79 Å². The largest absolute Gasteiger partial charge is 0.377 e. The standard InChI is InChI=1S/C10H13NO2/c1-8-6-4-5-7-10(8)13-11(3)9(2)12/h4-7H,1-3H3. The molecule has 0 N–H and O–H groups in total. The van der Waals surface area contributed by atoms with E-state index in [4.69, 9.17) is 4.84 Å². The molecule has 13 heavy (non-hydrogen) atoms. The highest BCUT2D eigenvalue weighted by Gasteiger charge is 2.05. The number of para-hydroxylation sites is 1. The number of carbonyl (C=O) groups excluding carboxylic acids is 1. The van der Waals surface area contributed by atoms with Crippen molar-refractivity contribution in [3.63, 3.8) is 0 Å². The smallest absolute Gasteiger partial charge is 0.251 e. The fraction of sp³-hybridized carbons (Fsp3) is 0.300. The molecule has 0 radical (unpaired) electrons. The molecule has 0 saturated carbocycles. The summed E-state index contributed by atoms with van der Waals surface area (Å²) in [6.07, 6.45) is 0. The molecule has 0 spiro atoms. The topological polar surface area (TPSA) is 29.5 Å². The molecule has 0 bridgehead atoms. The third-order valence-electron chi connectivity index (χ3n) is 1.77. The molecule has 0 aliphatic rings. The molecule has 0 atom stereocenters. The van der Waals surface area contributed by atoms with Crippen LogP contribution in [0.1, 0.15) is 12.5 Å². The van der Waals surface area contributed by atoms with Gasteiger partial charge in [0.1, 0.15) is 0 Å². The maximum absolute atomic E-state index is 10.9. The Morgan fingerprint density at radius 3 is 2.54 bits per heavy atom. The number of benzene rings is 1. The van der Waals surface area contributed by atoms with E-state index in [0.29, 0.717) is 5.75 Å². The van der Waals surface area contributed by atoms with E-state index in [1.165, 1.54) is 12.0 Å². The van der Waals surface area contributed by atoms with Gasteiger partial charge in [-0.15, -0.1) is 0 Å². The van der Waals surface area contributed by atoms with Crippen molar-refractivity contribution in [2.24, 2.45) is 0 Å². The van der Waals surface area contributed by atoms with Crippen LogP contribution in [-0.2, 0) is 4.79 Å². The van der Waals surface area contributed by atoms with E-state index in [1.807, 2.05) is 31.2 Å². The van der Waals surface area contributed by atoms with Crippen molar-refractivity contribution < 1.29 is 9.63 Å². The molecule has 0 aromatic heterocycles. The zero-order valence-electron chi connectivity index (χ0n) is 8.07. The van der Waals surface area contributed by atoms with Gasteiger partial charge in [0.2, 0.25) is 0 Å². The lowest BCUT2D eigenvalue weighted by atomic mass is 10.2. The molecule has 1 aromatic rings. The van der Waals surface area contributed by atoms with Crippen LogP contribution in [0.15, 0.2) is 24.3 Å². The molecule has 0 fully saturated rings. The van der Waals surface area contributed by atoms with E-state index in [-0.39, 0.29) is 5.91 Å². The van der Waals surface area contributed by atoms with Gasteiger partial charge in [-0.1, -0.05) is 18.2 Å². The number of rotatable bonds is 2. The number of hydroxylamine groups is 2. The van der Waals surface area contributed by atoms with Crippen molar-refractivity contribution in [3.8, 4) is 5.75 Å². The minimum absolute atomic E-state index is 0.122. The number of hydrogen-bond acceptors (Lipinski definition) is 2. The summed E-state index contributed by atoms with van der Waals surface area (Å²) in [5, 5.41) is 1.21. The third-order valence-corrected chi connectivity index (χ3v) is 1.77. The minimum atomic E-state index is -0.122. The number of hydrogen-bond donors (Lipinski definition) is 0. The third kappa shape index (κ3) is 2.47. The molecular weight excluding hydrogens is 166 g/mol. The lowest BCUT2D eigenvalue weighted by Crippen LogP contribution is -2.27. The number of amides is 1. The van der Waals surface area contributed by atoms with E-state index in [1.54, 1.807) is 7.05 Å². The van der Waals surface area contributed by atoms with Gasteiger partial charge in [0.15, 0.2) is 5.75 Å². The molecule has 0 aliphatic carbocycles. The first-order chi connectivity index (χ1) is 6.11. The molecule has 3 nitrogen and oxygen atoms in total. The van der Waals surface area contributed by atoms with Gasteiger partial charge in [0.05, 0.1) is 0 Å². The Bertz CT molecular complexity index is 310. The molecule has 1 rings (SSSR count). The molecule has 0 heterocycles. The number of nitrogens with zero attached hydrogens (tertiary/aromatic N) is 1. The normalized spacial score (nSPS) is 9.46. The van der Waals surface area contributed by atoms with Gasteiger partial charge in [-0.2, -0.15) is 5.06 Å². The summed E-state index contributed by atoms with van der Waals surface area (Å²) in [6, 6.07) is 7.56. The van der Waals surface area contributed by atoms with Crippen LogP contribution in [0.4, 0.5) is 0 Å². The van der Waals surface area contributed by atoms with Gasteiger partial charge in [0.25, 0.3) is 5.91 Å². The summed E-state index contributed by atoms with van der Waals surface area (Å²) >= 11 is 0. The van der Waals surface area contributed by atoms with E-state index in [0.717, 1.165) is 5.56 Å². The maximum atomic E-state index is 10.9. The summed E-state index contributed by atoms with van der Waals surface area (Å²) in [7, 11) is 1.59. The van der Waals surface area contributed by atoms with Crippen molar-refractivity contribution in [3.05, 3.63) is 29.8 Å². The fourth-order valence-corrected chi connectivity index (χ4v) is 0.871. The van der Waals surface area contributed by atoms with Crippen LogP contribution in [0.3, 0.4) is 0 Å². The van der Waals surface area contributed by atoms with Crippen molar-refractivity contribution in [1.82, 2.24) is 5.06 Å². The first-order valence-electron chi connectivity index (χ1n) is 4.09. The first kappa shape index (κ1) is 9.58. The quantitative estimate of drug-likeness (QED) is 0.647. The minimum Gasteiger partial charge on any atom is -0.377 e. The van der Waals surface area contributed by atoms with E-state index >= 15 is 0 Å². The van der Waals surface area contributed by atoms with Gasteiger partial charge in [0, 0.05) is 14.0 Å². The number of carbonyl (C=O) groups is 1. The predicted molar refractivity (Wildman–Crippen MR) is 50.3 cm³/mol. The average molecular weight is 179 g/mol. The van der Waals surface area contributed by atoms with Crippen LogP contribution in [0.5, 0.6) is 5.75 Å². The van der Waals surface area contributed by atoms with E-state index in [2.05, 4.69) is 0 Å². The lowest BCUT2D eigenvalue weighted by Gasteiger charge is -2.16. The Balaban J connectivity index is 2.74. The van der Waals surface area contributed by atoms with Crippen molar-refractivity contribution in [2.45, 2.75) is 13.8 Å². The molecule has 0 saturated heterocycles. The highest BCUT2D eigenvalue weighted by atomic mass is 16.7. The summed E-state index contributed by atoms with van der Waals surface area (Å²) in [4.78, 5) is 16.2. The van der Waals surface area contributed by atoms with Crippen LogP contribution in [0.2, 0.25) is 0 Å². The fourth-order valence-electron chi connectivity index (χ4n) is 0.871. The predicted octanol–water partition coefficient (Wildman–Crippen LogP) is 1.77. The Morgan fingerprint density at radius 2 is 2.00 bits per heavy atom. The van der Waals surface area contributed by atoms with E-state index < -0.39 is 0 Å².